The maximum Gasteiger partial charge on any atom is 0.0911 e. The molecule has 3 N–H and O–H groups in total. The normalized spacial score (nSPS) is 18.1. The first-order chi connectivity index (χ1) is 7.08. The van der Waals surface area contributed by atoms with Crippen LogP contribution in [0.4, 0.5) is 0 Å². The van der Waals surface area contributed by atoms with E-state index in [0.717, 1.165) is 32.7 Å². The van der Waals surface area contributed by atoms with Gasteiger partial charge < -0.3 is 15.4 Å². The molecule has 0 bridgehead atoms. The fraction of sp³-hybridized carbons (Fsp3) is 0.909. The summed E-state index contributed by atoms with van der Waals surface area (Å²) < 4.78 is 5.31. The highest BCUT2D eigenvalue weighted by molar-refractivity contribution is 5.78. The zero-order valence-electron chi connectivity index (χ0n) is 9.88. The van der Waals surface area contributed by atoms with E-state index in [-0.39, 0.29) is 0 Å². The van der Waals surface area contributed by atoms with Crippen LogP contribution in [0.5, 0.6) is 0 Å². The second-order valence-electron chi connectivity index (χ2n) is 4.64. The third-order valence-corrected chi connectivity index (χ3v) is 2.95. The molecule has 4 heteroatoms. The lowest BCUT2D eigenvalue weighted by atomic mass is 10.0. The van der Waals surface area contributed by atoms with Gasteiger partial charge in [0.25, 0.3) is 0 Å². The number of nitrogens with zero attached hydrogens (tertiary/aromatic N) is 1. The Kier molecular flexibility index (Phi) is 4.54. The Bertz CT molecular complexity index is 214. The van der Waals surface area contributed by atoms with Crippen LogP contribution in [-0.2, 0) is 4.74 Å². The summed E-state index contributed by atoms with van der Waals surface area (Å²) in [5.41, 5.74) is 5.77. The molecule has 0 amide bonds. The van der Waals surface area contributed by atoms with E-state index in [1.165, 1.54) is 12.8 Å². The van der Waals surface area contributed by atoms with Crippen molar-refractivity contribution >= 4 is 5.84 Å². The largest absolute Gasteiger partial charge is 0.388 e. The molecule has 15 heavy (non-hydrogen) atoms. The molecule has 1 saturated carbocycles. The van der Waals surface area contributed by atoms with Gasteiger partial charge in [-0.3, -0.25) is 5.41 Å². The first-order valence-corrected chi connectivity index (χ1v) is 5.67. The first-order valence-electron chi connectivity index (χ1n) is 5.67. The minimum atomic E-state index is 0.312. The van der Waals surface area contributed by atoms with E-state index in [2.05, 4.69) is 11.9 Å². The Labute approximate surface area is 92.3 Å². The monoisotopic (exact) mass is 213 g/mol. The van der Waals surface area contributed by atoms with E-state index in [1.54, 1.807) is 0 Å². The van der Waals surface area contributed by atoms with Crippen molar-refractivity contribution in [1.29, 1.82) is 5.41 Å². The van der Waals surface area contributed by atoms with Crippen LogP contribution in [0.1, 0.15) is 26.2 Å². The third kappa shape index (κ3) is 4.62. The minimum absolute atomic E-state index is 0.312. The second-order valence-corrected chi connectivity index (χ2v) is 4.64. The summed E-state index contributed by atoms with van der Waals surface area (Å²) in [7, 11) is 2.11. The summed E-state index contributed by atoms with van der Waals surface area (Å²) in [6.07, 6.45) is 3.18. The fourth-order valence-corrected chi connectivity index (χ4v) is 1.99. The molecule has 0 unspecified atom stereocenters. The Morgan fingerprint density at radius 1 is 1.53 bits per heavy atom. The molecular formula is C11H23N3O. The second kappa shape index (κ2) is 5.47. The van der Waals surface area contributed by atoms with Gasteiger partial charge in [-0.15, -0.1) is 0 Å². The zero-order chi connectivity index (χ0) is 11.3. The summed E-state index contributed by atoms with van der Waals surface area (Å²) in [5.74, 6) is 0.325. The van der Waals surface area contributed by atoms with Crippen molar-refractivity contribution < 1.29 is 4.74 Å². The Morgan fingerprint density at radius 2 is 2.20 bits per heavy atom. The Morgan fingerprint density at radius 3 is 2.67 bits per heavy atom. The molecule has 1 rings (SSSR count). The lowest BCUT2D eigenvalue weighted by molar-refractivity contribution is 0.115. The van der Waals surface area contributed by atoms with Gasteiger partial charge in [0.1, 0.15) is 0 Å². The Hall–Kier alpha value is -0.610. The number of nitrogens with one attached hydrogen (secondary N) is 1. The topological polar surface area (TPSA) is 62.3 Å². The van der Waals surface area contributed by atoms with E-state index in [4.69, 9.17) is 15.9 Å². The highest BCUT2D eigenvalue weighted by atomic mass is 16.5. The van der Waals surface area contributed by atoms with Gasteiger partial charge in [0.05, 0.1) is 12.4 Å². The summed E-state index contributed by atoms with van der Waals surface area (Å²) >= 11 is 0. The molecule has 0 spiro atoms. The van der Waals surface area contributed by atoms with Crippen molar-refractivity contribution in [2.45, 2.75) is 26.2 Å². The lowest BCUT2D eigenvalue weighted by Gasteiger charge is -2.23. The van der Waals surface area contributed by atoms with Gasteiger partial charge in [0.15, 0.2) is 0 Å². The molecule has 0 radical (unpaired) electrons. The minimum Gasteiger partial charge on any atom is -0.388 e. The van der Waals surface area contributed by atoms with Crippen molar-refractivity contribution in [3.63, 3.8) is 0 Å². The standard InChI is InChI=1S/C11H23N3O/c1-3-15-7-6-14(2)9-11(4-5-11)8-10(12)13/h3-9H2,1-2H3,(H3,12,13). The lowest BCUT2D eigenvalue weighted by Crippen LogP contribution is -2.32. The first kappa shape index (κ1) is 12.5. The van der Waals surface area contributed by atoms with E-state index in [9.17, 15) is 0 Å². The van der Waals surface area contributed by atoms with E-state index in [1.807, 2.05) is 6.92 Å². The summed E-state index contributed by atoms with van der Waals surface area (Å²) in [4.78, 5) is 2.28. The van der Waals surface area contributed by atoms with E-state index in [0.29, 0.717) is 11.3 Å². The van der Waals surface area contributed by atoms with Crippen LogP contribution in [0, 0.1) is 10.8 Å². The number of nitrogens with two attached hydrogens (primary N) is 1. The Balaban J connectivity index is 2.19. The molecule has 1 aliphatic rings. The van der Waals surface area contributed by atoms with Crippen LogP contribution in [0.3, 0.4) is 0 Å². The number of ether oxygens (including phenoxy) is 1. The zero-order valence-corrected chi connectivity index (χ0v) is 9.88. The van der Waals surface area contributed by atoms with Crippen molar-refractivity contribution in [2.24, 2.45) is 11.1 Å². The molecule has 0 atom stereocenters. The number of likely N-dealkylation sites (N-methyl/N-ethyl adjacent to an activating group) is 1. The van der Waals surface area contributed by atoms with Gasteiger partial charge in [-0.1, -0.05) is 0 Å². The summed E-state index contributed by atoms with van der Waals surface area (Å²) in [6, 6.07) is 0. The molecule has 88 valence electrons. The molecular weight excluding hydrogens is 190 g/mol. The van der Waals surface area contributed by atoms with Crippen LogP contribution >= 0.6 is 0 Å². The predicted octanol–water partition coefficient (Wildman–Crippen LogP) is 1.06. The summed E-state index contributed by atoms with van der Waals surface area (Å²) in [6.45, 7) is 5.60. The van der Waals surface area contributed by atoms with E-state index >= 15 is 0 Å². The maximum absolute atomic E-state index is 7.34. The molecule has 0 aliphatic heterocycles. The third-order valence-electron chi connectivity index (χ3n) is 2.95. The predicted molar refractivity (Wildman–Crippen MR) is 62.2 cm³/mol. The van der Waals surface area contributed by atoms with Crippen molar-refractivity contribution in [3.8, 4) is 0 Å². The molecule has 0 aromatic heterocycles. The van der Waals surface area contributed by atoms with E-state index < -0.39 is 0 Å². The highest BCUT2D eigenvalue weighted by Gasteiger charge is 2.43. The number of hydrogen-bond acceptors (Lipinski definition) is 3. The van der Waals surface area contributed by atoms with Gasteiger partial charge in [-0.25, -0.2) is 0 Å². The van der Waals surface area contributed by atoms with Gasteiger partial charge in [-0.2, -0.15) is 0 Å². The van der Waals surface area contributed by atoms with Gasteiger partial charge in [-0.05, 0) is 32.2 Å². The van der Waals surface area contributed by atoms with Crippen molar-refractivity contribution in [3.05, 3.63) is 0 Å². The molecule has 4 nitrogen and oxygen atoms in total. The van der Waals surface area contributed by atoms with Gasteiger partial charge >= 0.3 is 0 Å². The van der Waals surface area contributed by atoms with Gasteiger partial charge in [0.2, 0.25) is 0 Å². The molecule has 1 fully saturated rings. The SMILES string of the molecule is CCOCCN(C)CC1(CC(=N)N)CC1. The highest BCUT2D eigenvalue weighted by Crippen LogP contribution is 2.49. The molecule has 0 aromatic rings. The molecule has 1 aliphatic carbocycles. The quantitative estimate of drug-likeness (QED) is 0.360. The van der Waals surface area contributed by atoms with Gasteiger partial charge in [0, 0.05) is 26.1 Å². The molecule has 0 heterocycles. The molecule has 0 saturated heterocycles. The van der Waals surface area contributed by atoms with Crippen molar-refractivity contribution in [2.75, 3.05) is 33.4 Å². The van der Waals surface area contributed by atoms with Crippen LogP contribution in [0.25, 0.3) is 0 Å². The smallest absolute Gasteiger partial charge is 0.0911 e. The molecule has 0 aromatic carbocycles. The van der Waals surface area contributed by atoms with Crippen LogP contribution in [-0.4, -0.2) is 44.1 Å². The van der Waals surface area contributed by atoms with Crippen molar-refractivity contribution in [1.82, 2.24) is 4.90 Å². The summed E-state index contributed by atoms with van der Waals surface area (Å²) in [5, 5.41) is 7.34. The number of hydrogen-bond donors (Lipinski definition) is 2. The fourth-order valence-electron chi connectivity index (χ4n) is 1.99. The van der Waals surface area contributed by atoms with Crippen LogP contribution in [0.15, 0.2) is 0 Å². The van der Waals surface area contributed by atoms with Crippen LogP contribution < -0.4 is 5.73 Å². The average molecular weight is 213 g/mol. The average Bonchev–Trinajstić information content (AvgIpc) is 2.83. The number of rotatable bonds is 8. The number of amidine groups is 1. The van der Waals surface area contributed by atoms with Crippen LogP contribution in [0.2, 0.25) is 0 Å². The maximum atomic E-state index is 7.34.